The third-order valence-electron chi connectivity index (χ3n) is 5.30. The Bertz CT molecular complexity index is 1140. The van der Waals surface area contributed by atoms with E-state index in [2.05, 4.69) is 20.4 Å². The Morgan fingerprint density at radius 3 is 1.47 bits per heavy atom. The molecule has 10 heteroatoms. The van der Waals surface area contributed by atoms with Gasteiger partial charge in [-0.05, 0) is 37.1 Å². The summed E-state index contributed by atoms with van der Waals surface area (Å²) in [6.07, 6.45) is 0. The number of ether oxygens (including phenoxy) is 2. The van der Waals surface area contributed by atoms with E-state index in [1.807, 2.05) is 85.6 Å². The molecule has 0 bridgehead atoms. The lowest BCUT2D eigenvalue weighted by Gasteiger charge is -2.09. The van der Waals surface area contributed by atoms with Crippen LogP contribution in [0, 0.1) is 13.8 Å². The SMILES string of the molecule is Cc1ccccc1OCc1nnc(SCCSc2nnc(COc3ccccc3C)n2C)n1C. The van der Waals surface area contributed by atoms with Crippen molar-refractivity contribution < 1.29 is 9.47 Å². The van der Waals surface area contributed by atoms with E-state index < -0.39 is 0 Å². The van der Waals surface area contributed by atoms with Crippen molar-refractivity contribution >= 4 is 23.5 Å². The van der Waals surface area contributed by atoms with E-state index in [1.54, 1.807) is 23.5 Å². The van der Waals surface area contributed by atoms with Crippen LogP contribution in [-0.4, -0.2) is 41.0 Å². The number of thioether (sulfide) groups is 2. The zero-order valence-electron chi connectivity index (χ0n) is 19.8. The number of benzene rings is 2. The van der Waals surface area contributed by atoms with Crippen molar-refractivity contribution in [1.29, 1.82) is 0 Å². The molecule has 4 rings (SSSR count). The Kier molecular flexibility index (Phi) is 8.12. The molecule has 2 heterocycles. The van der Waals surface area contributed by atoms with Crippen LogP contribution in [0.2, 0.25) is 0 Å². The topological polar surface area (TPSA) is 79.9 Å². The van der Waals surface area contributed by atoms with Gasteiger partial charge in [-0.15, -0.1) is 20.4 Å². The number of hydrogen-bond donors (Lipinski definition) is 0. The summed E-state index contributed by atoms with van der Waals surface area (Å²) in [7, 11) is 3.94. The smallest absolute Gasteiger partial charge is 0.191 e. The third kappa shape index (κ3) is 5.92. The minimum Gasteiger partial charge on any atom is -0.485 e. The van der Waals surface area contributed by atoms with Crippen LogP contribution >= 0.6 is 23.5 Å². The summed E-state index contributed by atoms with van der Waals surface area (Å²) in [6, 6.07) is 15.9. The predicted octanol–water partition coefficient (Wildman–Crippen LogP) is 4.60. The number of aromatic nitrogens is 6. The van der Waals surface area contributed by atoms with Gasteiger partial charge in [-0.1, -0.05) is 59.9 Å². The predicted molar refractivity (Wildman–Crippen MR) is 134 cm³/mol. The van der Waals surface area contributed by atoms with Crippen LogP contribution in [0.1, 0.15) is 22.8 Å². The van der Waals surface area contributed by atoms with Gasteiger partial charge in [0.15, 0.2) is 22.0 Å². The quantitative estimate of drug-likeness (QED) is 0.220. The molecule has 0 aliphatic rings. The van der Waals surface area contributed by atoms with Crippen molar-refractivity contribution in [3.8, 4) is 11.5 Å². The molecular weight excluding hydrogens is 468 g/mol. The minimum absolute atomic E-state index is 0.385. The molecule has 2 aromatic heterocycles. The summed E-state index contributed by atoms with van der Waals surface area (Å²) < 4.78 is 15.8. The van der Waals surface area contributed by atoms with Gasteiger partial charge in [-0.2, -0.15) is 0 Å². The molecule has 8 nitrogen and oxygen atoms in total. The highest BCUT2D eigenvalue weighted by atomic mass is 32.2. The first-order valence-corrected chi connectivity index (χ1v) is 12.9. The largest absolute Gasteiger partial charge is 0.485 e. The van der Waals surface area contributed by atoms with Crippen molar-refractivity contribution in [3.05, 3.63) is 71.3 Å². The molecule has 2 aromatic carbocycles. The monoisotopic (exact) mass is 496 g/mol. The summed E-state index contributed by atoms with van der Waals surface area (Å²) in [6.45, 7) is 4.83. The highest BCUT2D eigenvalue weighted by Gasteiger charge is 2.13. The number of hydrogen-bond acceptors (Lipinski definition) is 8. The summed E-state index contributed by atoms with van der Waals surface area (Å²) in [5, 5.41) is 18.9. The summed E-state index contributed by atoms with van der Waals surface area (Å²) >= 11 is 3.33. The van der Waals surface area contributed by atoms with Crippen LogP contribution in [-0.2, 0) is 27.3 Å². The summed E-state index contributed by atoms with van der Waals surface area (Å²) in [5.74, 6) is 5.07. The first-order chi connectivity index (χ1) is 16.5. The average Bonchev–Trinajstić information content (AvgIpc) is 3.37. The fourth-order valence-corrected chi connectivity index (χ4v) is 5.01. The molecule has 0 atom stereocenters. The molecule has 0 unspecified atom stereocenters. The first-order valence-electron chi connectivity index (χ1n) is 10.9. The van der Waals surface area contributed by atoms with E-state index in [9.17, 15) is 0 Å². The van der Waals surface area contributed by atoms with Crippen LogP contribution < -0.4 is 9.47 Å². The van der Waals surface area contributed by atoms with Crippen LogP contribution in [0.15, 0.2) is 58.8 Å². The van der Waals surface area contributed by atoms with Crippen molar-refractivity contribution in [3.63, 3.8) is 0 Å². The molecule has 0 N–H and O–H groups in total. The fraction of sp³-hybridized carbons (Fsp3) is 0.333. The second-order valence-corrected chi connectivity index (χ2v) is 9.85. The van der Waals surface area contributed by atoms with E-state index in [0.717, 1.165) is 56.1 Å². The second kappa shape index (κ2) is 11.4. The van der Waals surface area contributed by atoms with Gasteiger partial charge in [0.2, 0.25) is 0 Å². The van der Waals surface area contributed by atoms with E-state index in [-0.39, 0.29) is 0 Å². The lowest BCUT2D eigenvalue weighted by molar-refractivity contribution is 0.288. The maximum Gasteiger partial charge on any atom is 0.191 e. The molecule has 0 amide bonds. The standard InChI is InChI=1S/C24H28N6O2S2/c1-17-9-5-7-11-19(17)31-15-21-25-27-23(29(21)3)33-13-14-34-24-28-26-22(30(24)4)16-32-20-12-8-6-10-18(20)2/h5-12H,13-16H2,1-4H3. The van der Waals surface area contributed by atoms with Gasteiger partial charge in [-0.3, -0.25) is 0 Å². The van der Waals surface area contributed by atoms with Gasteiger partial charge in [0.25, 0.3) is 0 Å². The van der Waals surface area contributed by atoms with Gasteiger partial charge in [0.1, 0.15) is 24.7 Å². The first kappa shape index (κ1) is 24.2. The van der Waals surface area contributed by atoms with E-state index in [1.165, 1.54) is 0 Å². The second-order valence-electron chi connectivity index (χ2n) is 7.72. The molecule has 0 aliphatic carbocycles. The highest BCUT2D eigenvalue weighted by Crippen LogP contribution is 2.23. The van der Waals surface area contributed by atoms with Crippen molar-refractivity contribution in [2.45, 2.75) is 37.4 Å². The molecular formula is C24H28N6O2S2. The average molecular weight is 497 g/mol. The lowest BCUT2D eigenvalue weighted by Crippen LogP contribution is -2.05. The fourth-order valence-electron chi connectivity index (χ4n) is 3.18. The molecule has 0 aliphatic heterocycles. The number of rotatable bonds is 11. The number of para-hydroxylation sites is 2. The van der Waals surface area contributed by atoms with Gasteiger partial charge < -0.3 is 18.6 Å². The molecule has 0 fully saturated rings. The maximum atomic E-state index is 5.91. The van der Waals surface area contributed by atoms with Crippen LogP contribution in [0.5, 0.6) is 11.5 Å². The Balaban J connectivity index is 1.23. The van der Waals surface area contributed by atoms with E-state index in [4.69, 9.17) is 9.47 Å². The van der Waals surface area contributed by atoms with Gasteiger partial charge in [-0.25, -0.2) is 0 Å². The zero-order chi connectivity index (χ0) is 23.9. The summed E-state index contributed by atoms with van der Waals surface area (Å²) in [5.41, 5.74) is 2.20. The Hall–Kier alpha value is -2.98. The van der Waals surface area contributed by atoms with Crippen LogP contribution in [0.3, 0.4) is 0 Å². The highest BCUT2D eigenvalue weighted by molar-refractivity contribution is 8.02. The van der Waals surface area contributed by atoms with Crippen LogP contribution in [0.4, 0.5) is 0 Å². The molecule has 178 valence electrons. The van der Waals surface area contributed by atoms with Gasteiger partial charge >= 0.3 is 0 Å². The van der Waals surface area contributed by atoms with Crippen molar-refractivity contribution in [2.24, 2.45) is 14.1 Å². The molecule has 4 aromatic rings. The third-order valence-corrected chi connectivity index (χ3v) is 7.60. The van der Waals surface area contributed by atoms with E-state index in [0.29, 0.717) is 13.2 Å². The molecule has 0 radical (unpaired) electrons. The molecule has 0 spiro atoms. The molecule has 0 saturated heterocycles. The van der Waals surface area contributed by atoms with Crippen molar-refractivity contribution in [2.75, 3.05) is 11.5 Å². The number of aryl methyl sites for hydroxylation is 2. The lowest BCUT2D eigenvalue weighted by atomic mass is 10.2. The maximum absolute atomic E-state index is 5.91. The molecule has 34 heavy (non-hydrogen) atoms. The zero-order valence-corrected chi connectivity index (χ0v) is 21.4. The van der Waals surface area contributed by atoms with E-state index >= 15 is 0 Å². The number of nitrogens with zero attached hydrogens (tertiary/aromatic N) is 6. The Labute approximate surface area is 208 Å². The van der Waals surface area contributed by atoms with Gasteiger partial charge in [0, 0.05) is 25.6 Å². The Morgan fingerprint density at radius 1 is 0.647 bits per heavy atom. The molecule has 0 saturated carbocycles. The minimum atomic E-state index is 0.385. The van der Waals surface area contributed by atoms with Crippen LogP contribution in [0.25, 0.3) is 0 Å². The Morgan fingerprint density at radius 2 is 1.06 bits per heavy atom. The summed E-state index contributed by atoms with van der Waals surface area (Å²) in [4.78, 5) is 0. The van der Waals surface area contributed by atoms with Gasteiger partial charge in [0.05, 0.1) is 0 Å². The normalized spacial score (nSPS) is 11.1. The van der Waals surface area contributed by atoms with Crippen molar-refractivity contribution in [1.82, 2.24) is 29.5 Å².